The maximum Gasteiger partial charge on any atom is -0.0159 e. The average molecular weight is 250 g/mol. The summed E-state index contributed by atoms with van der Waals surface area (Å²) in [7, 11) is 0. The quantitative estimate of drug-likeness (QED) is 0.512. The highest BCUT2D eigenvalue weighted by Crippen LogP contribution is 2.89. The van der Waals surface area contributed by atoms with E-state index in [-0.39, 0.29) is 0 Å². The first-order chi connectivity index (χ1) is 7.62. The molecule has 0 atom stereocenters. The Balaban J connectivity index is 2.87. The molecule has 0 nitrogen and oxygen atoms in total. The molecule has 2 saturated carbocycles. The molecule has 0 amide bonds. The molecule has 2 bridgehead atoms. The van der Waals surface area contributed by atoms with Gasteiger partial charge < -0.3 is 0 Å². The van der Waals surface area contributed by atoms with Gasteiger partial charge in [-0.2, -0.15) is 0 Å². The summed E-state index contributed by atoms with van der Waals surface area (Å²) in [6.45, 7) is 27.8. The van der Waals surface area contributed by atoms with Crippen molar-refractivity contribution >= 4 is 0 Å². The third-order valence-corrected chi connectivity index (χ3v) is 9.18. The van der Waals surface area contributed by atoms with Crippen molar-refractivity contribution in [3.63, 3.8) is 0 Å². The van der Waals surface area contributed by atoms with Crippen molar-refractivity contribution in [1.82, 2.24) is 0 Å². The summed E-state index contributed by atoms with van der Waals surface area (Å²) in [5.41, 5.74) is 2.28. The molecule has 2 rings (SSSR count). The van der Waals surface area contributed by atoms with Gasteiger partial charge in [-0.05, 0) is 38.4 Å². The van der Waals surface area contributed by atoms with Crippen LogP contribution in [0.4, 0.5) is 0 Å². The van der Waals surface area contributed by atoms with Gasteiger partial charge in [0.1, 0.15) is 0 Å². The first-order valence-corrected chi connectivity index (χ1v) is 7.62. The zero-order valence-corrected chi connectivity index (χ0v) is 14.6. The molecule has 0 heterocycles. The molecule has 2 aliphatic carbocycles. The van der Waals surface area contributed by atoms with Gasteiger partial charge in [-0.25, -0.2) is 0 Å². The second kappa shape index (κ2) is 2.86. The lowest BCUT2D eigenvalue weighted by Gasteiger charge is -2.64. The minimum Gasteiger partial charge on any atom is -0.0591 e. The molecule has 0 N–H and O–H groups in total. The molecule has 0 unspecified atom stereocenters. The van der Waals surface area contributed by atoms with Crippen molar-refractivity contribution in [1.29, 1.82) is 0 Å². The lowest BCUT2D eigenvalue weighted by atomic mass is 9.40. The van der Waals surface area contributed by atoms with Crippen molar-refractivity contribution in [2.45, 2.75) is 76.2 Å². The molecule has 106 valence electrons. The lowest BCUT2D eigenvalue weighted by Crippen LogP contribution is -2.58. The predicted octanol–water partition coefficient (Wildman–Crippen LogP) is 5.77. The Morgan fingerprint density at radius 1 is 0.444 bits per heavy atom. The van der Waals surface area contributed by atoms with Gasteiger partial charge in [0.2, 0.25) is 0 Å². The number of hydrogen-bond donors (Lipinski definition) is 0. The highest BCUT2D eigenvalue weighted by molar-refractivity contribution is 5.31. The molecule has 2 fully saturated rings. The van der Waals surface area contributed by atoms with Crippen molar-refractivity contribution < 1.29 is 0 Å². The fourth-order valence-electron chi connectivity index (χ4n) is 7.40. The molecule has 0 radical (unpaired) electrons. The lowest BCUT2D eigenvalue weighted by molar-refractivity contribution is -0.164. The Kier molecular flexibility index (Phi) is 2.29. The van der Waals surface area contributed by atoms with E-state index in [0.29, 0.717) is 32.5 Å². The van der Waals surface area contributed by atoms with Crippen LogP contribution in [0.25, 0.3) is 0 Å². The fourth-order valence-corrected chi connectivity index (χ4v) is 7.40. The van der Waals surface area contributed by atoms with E-state index < -0.39 is 0 Å². The summed E-state index contributed by atoms with van der Waals surface area (Å²) in [5, 5.41) is 0. The van der Waals surface area contributed by atoms with E-state index in [1.165, 1.54) is 0 Å². The van der Waals surface area contributed by atoms with E-state index >= 15 is 0 Å². The van der Waals surface area contributed by atoms with Crippen molar-refractivity contribution in [2.24, 2.45) is 38.4 Å². The van der Waals surface area contributed by atoms with Crippen LogP contribution in [0.2, 0.25) is 0 Å². The van der Waals surface area contributed by atoms with Gasteiger partial charge in [0.05, 0.1) is 0 Å². The third-order valence-electron chi connectivity index (χ3n) is 9.18. The third kappa shape index (κ3) is 0.907. The molecule has 18 heavy (non-hydrogen) atoms. The molecule has 0 heteroatoms. The zero-order chi connectivity index (χ0) is 14.6. The molecule has 0 saturated heterocycles. The topological polar surface area (TPSA) is 0 Å². The van der Waals surface area contributed by atoms with Crippen LogP contribution in [-0.4, -0.2) is 0 Å². The van der Waals surface area contributed by atoms with Crippen LogP contribution in [0.15, 0.2) is 0 Å². The summed E-state index contributed by atoms with van der Waals surface area (Å²) in [6, 6.07) is 0. The first-order valence-electron chi connectivity index (χ1n) is 7.62. The van der Waals surface area contributed by atoms with Crippen molar-refractivity contribution in [3.05, 3.63) is 0 Å². The Labute approximate surface area is 115 Å². The van der Waals surface area contributed by atoms with Gasteiger partial charge in [-0.15, -0.1) is 0 Å². The standard InChI is InChI=1S/C18H34/c1-13(2)12-14(3,4)17(9,10)18(11,15(12,5)6)16(13,7)8/h12H,1-11H3. The van der Waals surface area contributed by atoms with Crippen LogP contribution in [0.3, 0.4) is 0 Å². The van der Waals surface area contributed by atoms with E-state index in [0.717, 1.165) is 5.92 Å². The summed E-state index contributed by atoms with van der Waals surface area (Å²) in [4.78, 5) is 0. The van der Waals surface area contributed by atoms with Crippen molar-refractivity contribution in [3.8, 4) is 0 Å². The molecular weight excluding hydrogens is 216 g/mol. The number of fused-ring (bicyclic) bond motifs is 2. The van der Waals surface area contributed by atoms with Gasteiger partial charge in [0, 0.05) is 0 Å². The van der Waals surface area contributed by atoms with Gasteiger partial charge in [0.15, 0.2) is 0 Å². The summed E-state index contributed by atoms with van der Waals surface area (Å²) in [5.74, 6) is 0.771. The smallest absolute Gasteiger partial charge is 0.0159 e. The Morgan fingerprint density at radius 3 is 0.889 bits per heavy atom. The minimum absolute atomic E-state index is 0.366. The Bertz CT molecular complexity index is 362. The number of rotatable bonds is 0. The summed E-state index contributed by atoms with van der Waals surface area (Å²) >= 11 is 0. The zero-order valence-electron chi connectivity index (χ0n) is 14.6. The Hall–Kier alpha value is 0. The van der Waals surface area contributed by atoms with E-state index in [4.69, 9.17) is 0 Å². The molecule has 0 aliphatic heterocycles. The SMILES string of the molecule is CC1(C)C2C(C)(C)C(C)(C)C(C)(C2(C)C)C1(C)C. The van der Waals surface area contributed by atoms with Gasteiger partial charge >= 0.3 is 0 Å². The van der Waals surface area contributed by atoms with Crippen LogP contribution in [0, 0.1) is 38.4 Å². The minimum atomic E-state index is 0.366. The Morgan fingerprint density at radius 2 is 0.722 bits per heavy atom. The maximum atomic E-state index is 2.57. The molecule has 0 spiro atoms. The number of hydrogen-bond acceptors (Lipinski definition) is 0. The highest BCUT2D eigenvalue weighted by atomic mass is 14.9. The maximum absolute atomic E-state index is 2.57. The summed E-state index contributed by atoms with van der Waals surface area (Å²) in [6.07, 6.45) is 0. The summed E-state index contributed by atoms with van der Waals surface area (Å²) < 4.78 is 0. The van der Waals surface area contributed by atoms with E-state index in [1.54, 1.807) is 0 Å². The monoisotopic (exact) mass is 250 g/mol. The second-order valence-electron chi connectivity index (χ2n) is 9.97. The van der Waals surface area contributed by atoms with Crippen LogP contribution < -0.4 is 0 Å². The van der Waals surface area contributed by atoms with E-state index in [1.807, 2.05) is 0 Å². The van der Waals surface area contributed by atoms with Gasteiger partial charge in [-0.3, -0.25) is 0 Å². The second-order valence-corrected chi connectivity index (χ2v) is 9.97. The van der Waals surface area contributed by atoms with Gasteiger partial charge in [0.25, 0.3) is 0 Å². The van der Waals surface area contributed by atoms with E-state index in [2.05, 4.69) is 76.2 Å². The molecule has 2 aliphatic rings. The fraction of sp³-hybridized carbons (Fsp3) is 1.00. The van der Waals surface area contributed by atoms with Crippen LogP contribution in [-0.2, 0) is 0 Å². The van der Waals surface area contributed by atoms with Crippen LogP contribution >= 0.6 is 0 Å². The molecular formula is C18H34. The average Bonchev–Trinajstić information content (AvgIpc) is 2.24. The van der Waals surface area contributed by atoms with Crippen LogP contribution in [0.5, 0.6) is 0 Å². The van der Waals surface area contributed by atoms with Crippen molar-refractivity contribution in [2.75, 3.05) is 0 Å². The first kappa shape index (κ1) is 14.4. The normalized spacial score (nSPS) is 45.2. The predicted molar refractivity (Wildman–Crippen MR) is 80.5 cm³/mol. The van der Waals surface area contributed by atoms with Crippen LogP contribution in [0.1, 0.15) is 76.2 Å². The van der Waals surface area contributed by atoms with E-state index in [9.17, 15) is 0 Å². The molecule has 0 aromatic carbocycles. The molecule has 0 aromatic heterocycles. The molecule has 0 aromatic rings. The largest absolute Gasteiger partial charge is 0.0591 e. The highest BCUT2D eigenvalue weighted by Gasteiger charge is 2.84. The van der Waals surface area contributed by atoms with Gasteiger partial charge in [-0.1, -0.05) is 76.2 Å².